The number of alkyl halides is 6. The Morgan fingerprint density at radius 3 is 1.54 bits per heavy atom. The van der Waals surface area contributed by atoms with Gasteiger partial charge in [-0.15, -0.1) is 0 Å². The number of nitrogens with two attached hydrogens (primary N) is 4. The summed E-state index contributed by atoms with van der Waals surface area (Å²) in [5.41, 5.74) is 17.4. The van der Waals surface area contributed by atoms with Gasteiger partial charge < -0.3 is 28.4 Å². The molecule has 0 radical (unpaired) electrons. The lowest BCUT2D eigenvalue weighted by atomic mass is 9.74. The lowest BCUT2D eigenvalue weighted by Crippen LogP contribution is -3.00. The molecule has 0 aliphatic heterocycles. The molecule has 1 heterocycles. The Labute approximate surface area is 462 Å². The molecule has 11 nitrogen and oxygen atoms in total. The molecule has 1 unspecified atom stereocenters. The number of aromatic amines is 1. The molecule has 4 aromatic carbocycles. The number of nitrogen functional groups attached to an aromatic ring is 1. The van der Waals surface area contributed by atoms with Crippen LogP contribution in [0.1, 0.15) is 150 Å². The van der Waals surface area contributed by atoms with Gasteiger partial charge in [0.05, 0.1) is 23.4 Å². The number of halogens is 9. The first-order chi connectivity index (χ1) is 32.3. The average Bonchev–Trinajstić information content (AvgIpc) is 3.32. The van der Waals surface area contributed by atoms with E-state index < -0.39 is 35.4 Å². The molecule has 11 N–H and O–H groups in total. The van der Waals surface area contributed by atoms with Crippen LogP contribution in [-0.4, -0.2) is 39.8 Å². The Balaban J connectivity index is -0.00000115. The Kier molecular flexibility index (Phi) is 35.3. The van der Waals surface area contributed by atoms with E-state index in [2.05, 4.69) is 88.3 Å². The smallest absolute Gasteiger partial charge is 0.416 e. The van der Waals surface area contributed by atoms with Crippen LogP contribution in [0.5, 0.6) is 0 Å². The second-order valence-corrected chi connectivity index (χ2v) is 16.7. The van der Waals surface area contributed by atoms with Gasteiger partial charge in [-0.3, -0.25) is 36.2 Å². The minimum absolute atomic E-state index is 0. The van der Waals surface area contributed by atoms with Crippen LogP contribution in [0, 0.1) is 11.8 Å². The monoisotopic (exact) mass is 1290 g/mol. The van der Waals surface area contributed by atoms with E-state index in [4.69, 9.17) is 10.5 Å². The van der Waals surface area contributed by atoms with Gasteiger partial charge in [-0.05, 0) is 111 Å². The first-order valence-electron chi connectivity index (χ1n) is 22.1. The number of Topliss-reactive ketones (excluding diaryl/α,β-unsaturated/α-hetero) is 1. The molecule has 2 saturated carbocycles. The highest BCUT2D eigenvalue weighted by Crippen LogP contribution is 2.41. The fraction of sp³-hybridized carbons (Fsp3) is 0.426. The lowest BCUT2D eigenvalue weighted by Gasteiger charge is -2.30. The third-order valence-corrected chi connectivity index (χ3v) is 12.1. The van der Waals surface area contributed by atoms with E-state index >= 15 is 0 Å². The number of H-pyrrole nitrogens is 1. The highest BCUT2D eigenvalue weighted by molar-refractivity contribution is 15.0. The summed E-state index contributed by atoms with van der Waals surface area (Å²) in [7, 11) is 0. The van der Waals surface area contributed by atoms with Gasteiger partial charge in [0.15, 0.2) is 5.78 Å². The molecule has 0 spiro atoms. The number of hydrogen-bond donors (Lipinski definition) is 5. The van der Waals surface area contributed by atoms with E-state index in [-0.39, 0.29) is 102 Å². The van der Waals surface area contributed by atoms with Crippen molar-refractivity contribution in [2.45, 2.75) is 131 Å². The predicted molar refractivity (Wildman–Crippen MR) is 299 cm³/mol. The van der Waals surface area contributed by atoms with Crippen molar-refractivity contribution in [2.75, 3.05) is 12.3 Å². The van der Waals surface area contributed by atoms with Gasteiger partial charge in [0.1, 0.15) is 5.92 Å². The van der Waals surface area contributed by atoms with Gasteiger partial charge in [-0.2, -0.15) is 26.3 Å². The minimum atomic E-state index is -4.48. The molecule has 2 aliphatic carbocycles. The van der Waals surface area contributed by atoms with Crippen LogP contribution in [0.2, 0.25) is 0 Å². The number of nitrogens with one attached hydrogen (secondary N) is 1. The van der Waals surface area contributed by atoms with Gasteiger partial charge in [-0.25, -0.2) is 4.98 Å². The Hall–Kier alpha value is -4.74. The van der Waals surface area contributed by atoms with Crippen LogP contribution in [0.25, 0.3) is 0 Å². The van der Waals surface area contributed by atoms with Crippen LogP contribution < -0.4 is 40.6 Å². The number of ether oxygens (including phenoxy) is 1. The van der Waals surface area contributed by atoms with Crippen molar-refractivity contribution >= 4 is 60.9 Å². The van der Waals surface area contributed by atoms with Crippen LogP contribution in [-0.2, 0) is 39.5 Å². The molecular formula is C54H75ClF6I2N6O5. The van der Waals surface area contributed by atoms with Gasteiger partial charge in [0.25, 0.3) is 5.56 Å². The van der Waals surface area contributed by atoms with Crippen molar-refractivity contribution in [3.63, 3.8) is 0 Å². The molecular weight excluding hydrogens is 1220 g/mol. The summed E-state index contributed by atoms with van der Waals surface area (Å²) >= 11 is 4.24. The molecule has 1 aromatic heterocycles. The predicted octanol–water partition coefficient (Wildman–Crippen LogP) is 8.89. The number of nitrogens with zero attached hydrogens (tertiary/aromatic N) is 1. The molecule has 0 bridgehead atoms. The maximum absolute atomic E-state index is 13.2. The topological polar surface area (TPSA) is 224 Å². The van der Waals surface area contributed by atoms with Gasteiger partial charge in [0, 0.05) is 61.1 Å². The van der Waals surface area contributed by atoms with Crippen molar-refractivity contribution in [1.29, 1.82) is 0 Å². The third kappa shape index (κ3) is 22.6. The SMILES string of the molecule is C.C.C.C.CCOC(=O)C(Cc1cccc(C(F)(F)F)c1)C(=O)C1CCC(c2ccccc2)CC1.II.NC(N)=[NH2+].Nc1nc(C2CCC(c3ccccc3)CC2)c(Cc2cccc(C(F)(F)F)c2)c(=O)[nH]1.O.[Cl-]. The Morgan fingerprint density at radius 1 is 0.703 bits per heavy atom. The molecule has 0 saturated heterocycles. The van der Waals surface area contributed by atoms with E-state index in [1.165, 1.54) is 29.3 Å². The number of anilines is 1. The maximum atomic E-state index is 13.2. The Bertz CT molecular complexity index is 2450. The number of esters is 1. The summed E-state index contributed by atoms with van der Waals surface area (Å²) < 4.78 is 83.5. The molecule has 74 heavy (non-hydrogen) atoms. The first-order valence-corrected chi connectivity index (χ1v) is 28.4. The first kappa shape index (κ1) is 73.5. The number of ketones is 1. The van der Waals surface area contributed by atoms with Crippen LogP contribution >= 0.6 is 37.2 Å². The quantitative estimate of drug-likeness (QED) is 0.0214. The number of aromatic nitrogens is 2. The summed E-state index contributed by atoms with van der Waals surface area (Å²) in [5.74, 6) is -1.37. The molecule has 414 valence electrons. The third-order valence-electron chi connectivity index (χ3n) is 12.1. The normalized spacial score (nSPS) is 16.9. The summed E-state index contributed by atoms with van der Waals surface area (Å²) in [5, 5.41) is 4.58. The van der Waals surface area contributed by atoms with Crippen molar-refractivity contribution < 1.29 is 64.0 Å². The summed E-state index contributed by atoms with van der Waals surface area (Å²) in [4.78, 5) is 45.4. The summed E-state index contributed by atoms with van der Waals surface area (Å²) in [6.45, 7) is 1.76. The summed E-state index contributed by atoms with van der Waals surface area (Å²) in [6, 6.07) is 30.4. The zero-order valence-corrected chi connectivity index (χ0v) is 43.4. The molecule has 20 heteroatoms. The number of carbonyl (C=O) groups is 2. The minimum Gasteiger partial charge on any atom is -1.00 e. The molecule has 0 amide bonds. The number of guanidine groups is 1. The van der Waals surface area contributed by atoms with E-state index in [0.29, 0.717) is 47.1 Å². The lowest BCUT2D eigenvalue weighted by molar-refractivity contribution is -0.153. The van der Waals surface area contributed by atoms with Crippen LogP contribution in [0.3, 0.4) is 0 Å². The van der Waals surface area contributed by atoms with E-state index in [1.807, 2.05) is 36.4 Å². The van der Waals surface area contributed by atoms with E-state index in [0.717, 1.165) is 62.8 Å². The number of hydrogen-bond acceptors (Lipinski definition) is 6. The molecule has 5 aromatic rings. The molecule has 1 atom stereocenters. The molecule has 2 aliphatic rings. The second kappa shape index (κ2) is 35.5. The molecule has 7 rings (SSSR count). The zero-order valence-electron chi connectivity index (χ0n) is 38.3. The maximum Gasteiger partial charge on any atom is 0.416 e. The fourth-order valence-corrected chi connectivity index (χ4v) is 8.90. The second-order valence-electron chi connectivity index (χ2n) is 16.7. The largest absolute Gasteiger partial charge is 1.00 e. The Morgan fingerprint density at radius 2 is 1.11 bits per heavy atom. The van der Waals surface area contributed by atoms with E-state index in [9.17, 15) is 40.7 Å². The van der Waals surface area contributed by atoms with Crippen molar-refractivity contribution in [2.24, 2.45) is 23.3 Å². The number of rotatable bonds is 11. The number of benzene rings is 4. The summed E-state index contributed by atoms with van der Waals surface area (Å²) in [6.07, 6.45) is -2.25. The van der Waals surface area contributed by atoms with Gasteiger partial charge in [-0.1, -0.05) is 127 Å². The molecule has 2 fully saturated rings. The number of carbonyl (C=O) groups excluding carboxylic acids is 2. The average molecular weight is 1290 g/mol. The van der Waals surface area contributed by atoms with Crippen LogP contribution in [0.15, 0.2) is 114 Å². The van der Waals surface area contributed by atoms with Gasteiger partial charge >= 0.3 is 24.3 Å². The highest BCUT2D eigenvalue weighted by atomic mass is 128. The highest BCUT2D eigenvalue weighted by Gasteiger charge is 2.37. The van der Waals surface area contributed by atoms with Crippen LogP contribution in [0.4, 0.5) is 32.3 Å². The standard InChI is InChI=1S/C25H27F3O3.C24H24F3N3O.CH5N3.4CH4.ClH.I2.H2O/c1-2-31-24(30)22(16-17-7-6-10-21(15-17)25(26,27)28)23(29)20-13-11-19(12-14-20)18-8-4-3-5-9-18;25-24(26,27)19-8-4-5-15(13-19)14-20-21(29-23(28)30-22(20)31)18-11-9-17(10-12-18)16-6-2-1-3-7-16;2-1(3)4;;;;;;1-2;/h3-10,15,19-20,22H,2,11-14,16H2,1H3;1-8,13,17-18H,9-12,14H2,(H3,28,29,30,31);(H5,2,3,4);4*1H4;1H;;1H2. The van der Waals surface area contributed by atoms with Crippen molar-refractivity contribution in [1.82, 2.24) is 9.97 Å². The van der Waals surface area contributed by atoms with E-state index in [1.54, 1.807) is 13.0 Å². The zero-order chi connectivity index (χ0) is 50.0. The van der Waals surface area contributed by atoms with Crippen molar-refractivity contribution in [3.8, 4) is 0 Å². The fourth-order valence-electron chi connectivity index (χ4n) is 8.90. The van der Waals surface area contributed by atoms with Crippen molar-refractivity contribution in [3.05, 3.63) is 164 Å². The van der Waals surface area contributed by atoms with Gasteiger partial charge in [0.2, 0.25) is 5.95 Å².